The summed E-state index contributed by atoms with van der Waals surface area (Å²) in [4.78, 5) is 5.17. The third-order valence-corrected chi connectivity index (χ3v) is 5.47. The van der Waals surface area contributed by atoms with Gasteiger partial charge in [-0.25, -0.2) is 4.39 Å². The number of piperazine rings is 1. The van der Waals surface area contributed by atoms with E-state index in [1.54, 1.807) is 6.07 Å². The summed E-state index contributed by atoms with van der Waals surface area (Å²) in [5.74, 6) is 0.739. The molecule has 1 unspecified atom stereocenters. The maximum absolute atomic E-state index is 13.7. The molecule has 2 heterocycles. The van der Waals surface area contributed by atoms with Gasteiger partial charge in [0.15, 0.2) is 0 Å². The molecule has 0 aromatic heterocycles. The number of halogens is 1. The molecule has 23 heavy (non-hydrogen) atoms. The van der Waals surface area contributed by atoms with E-state index in [0.29, 0.717) is 6.04 Å². The molecule has 2 aliphatic heterocycles. The van der Waals surface area contributed by atoms with E-state index in [1.807, 2.05) is 13.0 Å². The maximum Gasteiger partial charge on any atom is 0.126 e. The van der Waals surface area contributed by atoms with Gasteiger partial charge in [0.1, 0.15) is 5.82 Å². The Morgan fingerprint density at radius 1 is 1.17 bits per heavy atom. The summed E-state index contributed by atoms with van der Waals surface area (Å²) >= 11 is 0. The van der Waals surface area contributed by atoms with Crippen LogP contribution in [-0.4, -0.2) is 55.6 Å². The summed E-state index contributed by atoms with van der Waals surface area (Å²) in [6.45, 7) is 12.0. The van der Waals surface area contributed by atoms with Crippen LogP contribution in [0.25, 0.3) is 0 Å². The van der Waals surface area contributed by atoms with E-state index in [-0.39, 0.29) is 5.82 Å². The van der Waals surface area contributed by atoms with Gasteiger partial charge in [-0.3, -0.25) is 9.80 Å². The SMILES string of the molecule is Cc1cc(C(CN2CCNCC2)N2CCC(C)CC2)ccc1F. The lowest BCUT2D eigenvalue weighted by Crippen LogP contribution is -2.48. The van der Waals surface area contributed by atoms with Gasteiger partial charge in [0, 0.05) is 38.8 Å². The summed E-state index contributed by atoms with van der Waals surface area (Å²) in [6, 6.07) is 6.08. The smallest absolute Gasteiger partial charge is 0.126 e. The lowest BCUT2D eigenvalue weighted by Gasteiger charge is -2.40. The largest absolute Gasteiger partial charge is 0.314 e. The number of aryl methyl sites for hydroxylation is 1. The standard InChI is InChI=1S/C19H30FN3/c1-15-5-9-23(10-6-15)19(14-22-11-7-21-8-12-22)17-3-4-18(20)16(2)13-17/h3-4,13,15,19,21H,5-12,14H2,1-2H3. The second kappa shape index (κ2) is 7.73. The molecule has 3 nitrogen and oxygen atoms in total. The summed E-state index contributed by atoms with van der Waals surface area (Å²) in [6.07, 6.45) is 2.55. The molecule has 1 atom stereocenters. The van der Waals surface area contributed by atoms with Crippen LogP contribution in [0, 0.1) is 18.7 Å². The molecular weight excluding hydrogens is 289 g/mol. The van der Waals surface area contributed by atoms with Gasteiger partial charge in [-0.05, 0) is 56.0 Å². The first-order valence-corrected chi connectivity index (χ1v) is 9.06. The van der Waals surface area contributed by atoms with Crippen LogP contribution in [0.3, 0.4) is 0 Å². The van der Waals surface area contributed by atoms with Crippen LogP contribution in [0.15, 0.2) is 18.2 Å². The Morgan fingerprint density at radius 3 is 2.52 bits per heavy atom. The Bertz CT molecular complexity index is 505. The molecular formula is C19H30FN3. The number of nitrogens with zero attached hydrogens (tertiary/aromatic N) is 2. The fourth-order valence-electron chi connectivity index (χ4n) is 3.79. The second-order valence-electron chi connectivity index (χ2n) is 7.29. The number of hydrogen-bond donors (Lipinski definition) is 1. The number of likely N-dealkylation sites (tertiary alicyclic amines) is 1. The first-order chi connectivity index (χ1) is 11.1. The minimum absolute atomic E-state index is 0.0954. The predicted molar refractivity (Wildman–Crippen MR) is 93.2 cm³/mol. The molecule has 0 spiro atoms. The topological polar surface area (TPSA) is 18.5 Å². The first kappa shape index (κ1) is 16.9. The van der Waals surface area contributed by atoms with Gasteiger partial charge in [0.05, 0.1) is 0 Å². The molecule has 2 aliphatic rings. The number of nitrogens with one attached hydrogen (secondary N) is 1. The van der Waals surface area contributed by atoms with Gasteiger partial charge >= 0.3 is 0 Å². The molecule has 128 valence electrons. The van der Waals surface area contributed by atoms with E-state index < -0.39 is 0 Å². The van der Waals surface area contributed by atoms with Crippen molar-refractivity contribution in [1.29, 1.82) is 0 Å². The Labute approximate surface area is 139 Å². The average Bonchev–Trinajstić information content (AvgIpc) is 2.57. The molecule has 0 radical (unpaired) electrons. The zero-order chi connectivity index (χ0) is 16.2. The summed E-state index contributed by atoms with van der Waals surface area (Å²) in [5, 5.41) is 3.42. The first-order valence-electron chi connectivity index (χ1n) is 9.06. The van der Waals surface area contributed by atoms with Crippen molar-refractivity contribution >= 4 is 0 Å². The van der Waals surface area contributed by atoms with Crippen molar-refractivity contribution in [3.63, 3.8) is 0 Å². The van der Waals surface area contributed by atoms with Crippen molar-refractivity contribution in [2.24, 2.45) is 5.92 Å². The highest BCUT2D eigenvalue weighted by atomic mass is 19.1. The lowest BCUT2D eigenvalue weighted by molar-refractivity contribution is 0.0969. The van der Waals surface area contributed by atoms with Crippen molar-refractivity contribution in [3.05, 3.63) is 35.1 Å². The Balaban J connectivity index is 1.78. The van der Waals surface area contributed by atoms with E-state index in [1.165, 1.54) is 18.4 Å². The molecule has 1 aromatic carbocycles. The number of benzene rings is 1. The maximum atomic E-state index is 13.7. The van der Waals surface area contributed by atoms with Gasteiger partial charge in [-0.15, -0.1) is 0 Å². The van der Waals surface area contributed by atoms with Gasteiger partial charge in [0.2, 0.25) is 0 Å². The van der Waals surface area contributed by atoms with Gasteiger partial charge in [0.25, 0.3) is 0 Å². The highest BCUT2D eigenvalue weighted by Crippen LogP contribution is 2.28. The van der Waals surface area contributed by atoms with E-state index in [0.717, 1.165) is 57.3 Å². The van der Waals surface area contributed by atoms with Crippen molar-refractivity contribution in [1.82, 2.24) is 15.1 Å². The molecule has 0 saturated carbocycles. The van der Waals surface area contributed by atoms with Crippen LogP contribution >= 0.6 is 0 Å². The van der Waals surface area contributed by atoms with E-state index in [9.17, 15) is 4.39 Å². The molecule has 4 heteroatoms. The van der Waals surface area contributed by atoms with Crippen molar-refractivity contribution in [2.75, 3.05) is 45.8 Å². The zero-order valence-corrected chi connectivity index (χ0v) is 14.5. The van der Waals surface area contributed by atoms with Gasteiger partial charge < -0.3 is 5.32 Å². The highest BCUT2D eigenvalue weighted by molar-refractivity contribution is 5.27. The average molecular weight is 319 g/mol. The number of piperidine rings is 1. The van der Waals surface area contributed by atoms with E-state index in [4.69, 9.17) is 0 Å². The molecule has 1 N–H and O–H groups in total. The third kappa shape index (κ3) is 4.31. The monoisotopic (exact) mass is 319 g/mol. The van der Waals surface area contributed by atoms with E-state index in [2.05, 4.69) is 28.1 Å². The fraction of sp³-hybridized carbons (Fsp3) is 0.684. The Hall–Kier alpha value is -0.970. The van der Waals surface area contributed by atoms with Gasteiger partial charge in [-0.2, -0.15) is 0 Å². The van der Waals surface area contributed by atoms with E-state index >= 15 is 0 Å². The molecule has 3 rings (SSSR count). The minimum Gasteiger partial charge on any atom is -0.314 e. The number of rotatable bonds is 4. The quantitative estimate of drug-likeness (QED) is 0.921. The van der Waals surface area contributed by atoms with Crippen LogP contribution in [0.1, 0.15) is 36.9 Å². The summed E-state index contributed by atoms with van der Waals surface area (Å²) in [7, 11) is 0. The fourth-order valence-corrected chi connectivity index (χ4v) is 3.79. The molecule has 0 aliphatic carbocycles. The van der Waals surface area contributed by atoms with Crippen LogP contribution < -0.4 is 5.32 Å². The summed E-state index contributed by atoms with van der Waals surface area (Å²) in [5.41, 5.74) is 2.04. The second-order valence-corrected chi connectivity index (χ2v) is 7.29. The Morgan fingerprint density at radius 2 is 1.87 bits per heavy atom. The number of hydrogen-bond acceptors (Lipinski definition) is 3. The predicted octanol–water partition coefficient (Wildman–Crippen LogP) is 2.81. The van der Waals surface area contributed by atoms with Crippen LogP contribution in [0.4, 0.5) is 4.39 Å². The molecule has 0 bridgehead atoms. The van der Waals surface area contributed by atoms with Gasteiger partial charge in [-0.1, -0.05) is 19.1 Å². The Kier molecular flexibility index (Phi) is 5.67. The summed E-state index contributed by atoms with van der Waals surface area (Å²) < 4.78 is 13.7. The molecule has 2 saturated heterocycles. The minimum atomic E-state index is -0.0954. The lowest BCUT2D eigenvalue weighted by atomic mass is 9.95. The van der Waals surface area contributed by atoms with Crippen molar-refractivity contribution < 1.29 is 4.39 Å². The molecule has 0 amide bonds. The molecule has 1 aromatic rings. The highest BCUT2D eigenvalue weighted by Gasteiger charge is 2.27. The molecule has 2 fully saturated rings. The zero-order valence-electron chi connectivity index (χ0n) is 14.5. The van der Waals surface area contributed by atoms with Crippen molar-refractivity contribution in [3.8, 4) is 0 Å². The van der Waals surface area contributed by atoms with Crippen LogP contribution in [-0.2, 0) is 0 Å². The van der Waals surface area contributed by atoms with Crippen molar-refractivity contribution in [2.45, 2.75) is 32.7 Å². The third-order valence-electron chi connectivity index (χ3n) is 5.47. The normalized spacial score (nSPS) is 23.1. The van der Waals surface area contributed by atoms with Crippen LogP contribution in [0.2, 0.25) is 0 Å². The van der Waals surface area contributed by atoms with Crippen LogP contribution in [0.5, 0.6) is 0 Å².